The molecule has 0 bridgehead atoms. The molecule has 1 N–H and O–H groups in total. The van der Waals surface area contributed by atoms with Gasteiger partial charge in [-0.2, -0.15) is 4.52 Å². The van der Waals surface area contributed by atoms with Crippen LogP contribution in [0.1, 0.15) is 28.7 Å². The molecule has 13 nitrogen and oxygen atoms in total. The number of carbonyl (C=O) groups is 2. The quantitative estimate of drug-likeness (QED) is 0.317. The lowest BCUT2D eigenvalue weighted by atomic mass is 10.1. The highest BCUT2D eigenvalue weighted by Crippen LogP contribution is 2.29. The Bertz CT molecular complexity index is 1670. The summed E-state index contributed by atoms with van der Waals surface area (Å²) in [6.07, 6.45) is 1.50. The van der Waals surface area contributed by atoms with Gasteiger partial charge in [-0.05, 0) is 18.2 Å². The third kappa shape index (κ3) is 4.75. The Hall–Kier alpha value is -4.91. The number of carbonyl (C=O) groups excluding carboxylic acids is 2. The maximum atomic E-state index is 12.5. The summed E-state index contributed by atoms with van der Waals surface area (Å²) >= 11 is 0. The third-order valence-corrected chi connectivity index (χ3v) is 6.41. The molecule has 0 atom stereocenters. The minimum absolute atomic E-state index is 0.00261. The second-order valence-corrected chi connectivity index (χ2v) is 9.14. The number of hydrogen-bond donors (Lipinski definition) is 1. The van der Waals surface area contributed by atoms with Crippen molar-refractivity contribution in [1.82, 2.24) is 40.2 Å². The van der Waals surface area contributed by atoms with Crippen LogP contribution < -0.4 is 10.1 Å². The molecule has 1 fully saturated rings. The van der Waals surface area contributed by atoms with Gasteiger partial charge in [-0.1, -0.05) is 23.4 Å². The van der Waals surface area contributed by atoms with E-state index in [-0.39, 0.29) is 31.1 Å². The molecule has 6 rings (SSSR count). The molecular formula is C26H24N8O5. The molecule has 2 amide bonds. The lowest BCUT2D eigenvalue weighted by Crippen LogP contribution is -2.60. The number of nitrogens with zero attached hydrogens (tertiary/aromatic N) is 7. The number of fused-ring (bicyclic) bond motifs is 3. The Labute approximate surface area is 221 Å². The average Bonchev–Trinajstić information content (AvgIpc) is 3.56. The van der Waals surface area contributed by atoms with E-state index in [1.165, 1.54) is 13.1 Å². The summed E-state index contributed by atoms with van der Waals surface area (Å²) in [5, 5.41) is 21.8. The molecule has 198 valence electrons. The number of amides is 2. The van der Waals surface area contributed by atoms with E-state index in [0.717, 1.165) is 10.8 Å². The molecule has 0 radical (unpaired) electrons. The topological polar surface area (TPSA) is 150 Å². The maximum Gasteiger partial charge on any atom is 0.253 e. The summed E-state index contributed by atoms with van der Waals surface area (Å²) in [6.45, 7) is 2.95. The summed E-state index contributed by atoms with van der Waals surface area (Å²) in [6, 6.07) is 12.7. The molecule has 1 saturated heterocycles. The number of benzene rings is 1. The van der Waals surface area contributed by atoms with Crippen molar-refractivity contribution < 1.29 is 23.6 Å². The minimum Gasteiger partial charge on any atom is -0.470 e. The highest BCUT2D eigenvalue weighted by molar-refractivity contribution is 5.97. The first kappa shape index (κ1) is 24.4. The van der Waals surface area contributed by atoms with Crippen molar-refractivity contribution in [2.75, 3.05) is 20.2 Å². The van der Waals surface area contributed by atoms with E-state index in [9.17, 15) is 9.59 Å². The maximum absolute atomic E-state index is 12.5. The van der Waals surface area contributed by atoms with Crippen LogP contribution in [0.25, 0.3) is 27.9 Å². The Morgan fingerprint density at radius 1 is 1.10 bits per heavy atom. The zero-order valence-corrected chi connectivity index (χ0v) is 21.2. The van der Waals surface area contributed by atoms with Crippen molar-refractivity contribution in [1.29, 1.82) is 0 Å². The first-order chi connectivity index (χ1) is 19.0. The molecule has 39 heavy (non-hydrogen) atoms. The molecule has 0 aliphatic carbocycles. The van der Waals surface area contributed by atoms with Crippen LogP contribution >= 0.6 is 0 Å². The molecule has 0 unspecified atom stereocenters. The van der Waals surface area contributed by atoms with Crippen LogP contribution in [0.4, 0.5) is 0 Å². The number of rotatable bonds is 8. The summed E-state index contributed by atoms with van der Waals surface area (Å²) in [5.41, 5.74) is 2.07. The van der Waals surface area contributed by atoms with Gasteiger partial charge in [0.2, 0.25) is 17.6 Å². The predicted octanol–water partition coefficient (Wildman–Crippen LogP) is 2.01. The first-order valence-electron chi connectivity index (χ1n) is 12.2. The molecule has 5 aromatic rings. The van der Waals surface area contributed by atoms with Gasteiger partial charge < -0.3 is 24.2 Å². The van der Waals surface area contributed by atoms with Gasteiger partial charge in [0, 0.05) is 50.2 Å². The molecular weight excluding hydrogens is 504 g/mol. The zero-order valence-electron chi connectivity index (χ0n) is 21.2. The fraction of sp³-hybridized carbons (Fsp3) is 0.269. The van der Waals surface area contributed by atoms with E-state index in [2.05, 4.69) is 30.8 Å². The van der Waals surface area contributed by atoms with Crippen LogP contribution in [-0.4, -0.2) is 72.9 Å². The number of likely N-dealkylation sites (tertiary alicyclic amines) is 1. The van der Waals surface area contributed by atoms with Crippen LogP contribution in [0, 0.1) is 0 Å². The van der Waals surface area contributed by atoms with E-state index in [0.29, 0.717) is 53.2 Å². The Morgan fingerprint density at radius 2 is 1.92 bits per heavy atom. The van der Waals surface area contributed by atoms with Gasteiger partial charge in [-0.25, -0.2) is 0 Å². The summed E-state index contributed by atoms with van der Waals surface area (Å²) in [4.78, 5) is 29.9. The van der Waals surface area contributed by atoms with Crippen molar-refractivity contribution in [3.8, 4) is 17.4 Å². The average molecular weight is 529 g/mol. The van der Waals surface area contributed by atoms with Crippen molar-refractivity contribution in [2.45, 2.75) is 26.2 Å². The van der Waals surface area contributed by atoms with E-state index >= 15 is 0 Å². The molecule has 4 aromatic heterocycles. The van der Waals surface area contributed by atoms with Crippen LogP contribution in [0.3, 0.4) is 0 Å². The van der Waals surface area contributed by atoms with E-state index < -0.39 is 0 Å². The van der Waals surface area contributed by atoms with Gasteiger partial charge in [0.15, 0.2) is 17.1 Å². The van der Waals surface area contributed by atoms with E-state index in [1.807, 2.05) is 24.3 Å². The van der Waals surface area contributed by atoms with Crippen LogP contribution in [-0.2, 0) is 22.7 Å². The monoisotopic (exact) mass is 528 g/mol. The SMILES string of the molecule is COCc1cc(-c2nnc3c4ccccc4c(OCc4ccc(C(=O)NC5CN(C(C)=O)C5)cn4)nn23)no1. The van der Waals surface area contributed by atoms with Gasteiger partial charge in [0.1, 0.15) is 13.2 Å². The van der Waals surface area contributed by atoms with E-state index in [1.54, 1.807) is 34.7 Å². The molecule has 1 aliphatic rings. The van der Waals surface area contributed by atoms with Gasteiger partial charge in [-0.15, -0.1) is 15.3 Å². The Balaban J connectivity index is 1.20. The number of nitrogens with one attached hydrogen (secondary N) is 1. The second kappa shape index (κ2) is 10.1. The van der Waals surface area contributed by atoms with Gasteiger partial charge in [0.25, 0.3) is 5.91 Å². The van der Waals surface area contributed by atoms with Crippen molar-refractivity contribution in [2.24, 2.45) is 0 Å². The van der Waals surface area contributed by atoms with Crippen molar-refractivity contribution in [3.63, 3.8) is 0 Å². The third-order valence-electron chi connectivity index (χ3n) is 6.41. The lowest BCUT2D eigenvalue weighted by Gasteiger charge is -2.38. The number of pyridine rings is 1. The standard InChI is InChI=1S/C26H24N8O5/c1-15(35)33-11-18(12-33)28-25(36)16-7-8-17(27-10-16)13-38-26-21-6-4-3-5-20(21)23-29-30-24(34(23)31-26)22-9-19(14-37-2)39-32-22/h3-10,18H,11-14H2,1-2H3,(H,28,36). The minimum atomic E-state index is -0.233. The smallest absolute Gasteiger partial charge is 0.253 e. The fourth-order valence-corrected chi connectivity index (χ4v) is 4.33. The molecule has 0 spiro atoms. The van der Waals surface area contributed by atoms with Crippen LogP contribution in [0.5, 0.6) is 5.88 Å². The van der Waals surface area contributed by atoms with Gasteiger partial charge in [0.05, 0.1) is 17.3 Å². The summed E-state index contributed by atoms with van der Waals surface area (Å²) in [5.74, 6) is 1.09. The van der Waals surface area contributed by atoms with Gasteiger partial charge in [-0.3, -0.25) is 14.6 Å². The summed E-state index contributed by atoms with van der Waals surface area (Å²) in [7, 11) is 1.57. The number of ether oxygens (including phenoxy) is 2. The Kier molecular flexibility index (Phi) is 6.32. The summed E-state index contributed by atoms with van der Waals surface area (Å²) < 4.78 is 18.1. The number of aromatic nitrogens is 6. The highest BCUT2D eigenvalue weighted by Gasteiger charge is 2.29. The number of methoxy groups -OCH3 is 1. The molecule has 1 aromatic carbocycles. The van der Waals surface area contributed by atoms with Gasteiger partial charge >= 0.3 is 0 Å². The van der Waals surface area contributed by atoms with Crippen LogP contribution in [0.2, 0.25) is 0 Å². The Morgan fingerprint density at radius 3 is 2.67 bits per heavy atom. The zero-order chi connectivity index (χ0) is 26.9. The normalized spacial score (nSPS) is 13.5. The number of hydrogen-bond acceptors (Lipinski definition) is 10. The molecule has 13 heteroatoms. The first-order valence-corrected chi connectivity index (χ1v) is 12.2. The van der Waals surface area contributed by atoms with E-state index in [4.69, 9.17) is 14.0 Å². The predicted molar refractivity (Wildman–Crippen MR) is 137 cm³/mol. The fourth-order valence-electron chi connectivity index (χ4n) is 4.33. The van der Waals surface area contributed by atoms with Crippen LogP contribution in [0.15, 0.2) is 53.2 Å². The highest BCUT2D eigenvalue weighted by atomic mass is 16.5. The largest absolute Gasteiger partial charge is 0.470 e. The lowest BCUT2D eigenvalue weighted by molar-refractivity contribution is -0.133. The molecule has 1 aliphatic heterocycles. The molecule has 5 heterocycles. The van der Waals surface area contributed by atoms with Crippen molar-refractivity contribution in [3.05, 3.63) is 65.7 Å². The van der Waals surface area contributed by atoms with Crippen molar-refractivity contribution >= 4 is 28.2 Å². The second-order valence-electron chi connectivity index (χ2n) is 9.14. The molecule has 0 saturated carbocycles.